The van der Waals surface area contributed by atoms with Gasteiger partial charge in [-0.1, -0.05) is 10.3 Å². The molecule has 64 valence electrons. The Balaban J connectivity index is 3.12. The minimum atomic E-state index is -0.424. The van der Waals surface area contributed by atoms with Gasteiger partial charge in [-0.2, -0.15) is 0 Å². The lowest BCUT2D eigenvalue weighted by Gasteiger charge is -1.90. The van der Waals surface area contributed by atoms with Crippen LogP contribution < -0.4 is 5.48 Å². The second-order valence-electron chi connectivity index (χ2n) is 1.70. The van der Waals surface area contributed by atoms with Crippen molar-refractivity contribution < 1.29 is 14.9 Å². The van der Waals surface area contributed by atoms with E-state index in [9.17, 15) is 4.91 Å². The fraction of sp³-hybridized carbons (Fsp3) is 0. The number of hydrogen-bond donors (Lipinski definition) is 3. The maximum absolute atomic E-state index is 9.96. The van der Waals surface area contributed by atoms with Crippen LogP contribution in [0.3, 0.4) is 0 Å². The van der Waals surface area contributed by atoms with Crippen LogP contribution in [-0.4, -0.2) is 21.8 Å². The molecule has 3 N–H and O–H groups in total. The largest absolute Gasteiger partial charge is 0.411 e. The molecule has 0 aliphatic carbocycles. The number of rotatable bonds is 3. The normalized spacial score (nSPS) is 10.4. The molecule has 12 heavy (non-hydrogen) atoms. The van der Waals surface area contributed by atoms with Crippen molar-refractivity contribution in [3.63, 3.8) is 0 Å². The van der Waals surface area contributed by atoms with Gasteiger partial charge >= 0.3 is 5.88 Å². The number of nitrogens with zero attached hydrogens (tertiary/aromatic N) is 3. The van der Waals surface area contributed by atoms with Crippen molar-refractivity contribution in [3.8, 4) is 0 Å². The third-order valence-electron chi connectivity index (χ3n) is 1.08. The molecule has 0 aromatic carbocycles. The third kappa shape index (κ3) is 1.22. The van der Waals surface area contributed by atoms with Crippen LogP contribution in [-0.2, 0) is 0 Å². The van der Waals surface area contributed by atoms with Gasteiger partial charge in [0.1, 0.15) is 0 Å². The predicted molar refractivity (Wildman–Crippen MR) is 36.7 cm³/mol. The molecule has 0 radical (unpaired) electrons. The Hall–Kier alpha value is -1.96. The maximum atomic E-state index is 9.96. The lowest BCUT2D eigenvalue weighted by atomic mass is 10.4. The molecule has 1 aromatic rings. The van der Waals surface area contributed by atoms with Crippen molar-refractivity contribution in [2.24, 2.45) is 10.3 Å². The number of nitrogens with one attached hydrogen (secondary N) is 1. The minimum Gasteiger partial charge on any atom is -0.411 e. The highest BCUT2D eigenvalue weighted by molar-refractivity contribution is 5.87. The molecular formula is C4H4N4O4. The van der Waals surface area contributed by atoms with Crippen molar-refractivity contribution in [3.05, 3.63) is 10.6 Å². The van der Waals surface area contributed by atoms with E-state index in [1.165, 1.54) is 0 Å². The van der Waals surface area contributed by atoms with E-state index < -0.39 is 5.88 Å². The highest BCUT2D eigenvalue weighted by Crippen LogP contribution is 2.26. The van der Waals surface area contributed by atoms with Crippen molar-refractivity contribution in [1.82, 2.24) is 5.16 Å². The van der Waals surface area contributed by atoms with Crippen LogP contribution in [0.5, 0.6) is 0 Å². The average Bonchev–Trinajstić information content (AvgIpc) is 2.47. The summed E-state index contributed by atoms with van der Waals surface area (Å²) >= 11 is 0. The fourth-order valence-electron chi connectivity index (χ4n) is 0.603. The lowest BCUT2D eigenvalue weighted by Crippen LogP contribution is -1.92. The Morgan fingerprint density at radius 1 is 1.67 bits per heavy atom. The monoisotopic (exact) mass is 172 g/mol. The molecule has 0 fully saturated rings. The minimum absolute atomic E-state index is 0.0328. The number of anilines is 1. The van der Waals surface area contributed by atoms with Gasteiger partial charge in [-0.15, -0.1) is 4.91 Å². The molecule has 0 bridgehead atoms. The van der Waals surface area contributed by atoms with Crippen molar-refractivity contribution in [2.45, 2.75) is 0 Å². The smallest absolute Gasteiger partial charge is 0.316 e. The lowest BCUT2D eigenvalue weighted by molar-refractivity contribution is 0.321. The highest BCUT2D eigenvalue weighted by atomic mass is 16.5. The molecule has 0 saturated carbocycles. The number of nitroso groups, excluding NO2 is 1. The summed E-state index contributed by atoms with van der Waals surface area (Å²) in [5, 5.41) is 24.8. The summed E-state index contributed by atoms with van der Waals surface area (Å²) in [6.07, 6.45) is 0.872. The SMILES string of the molecule is O=Nc1onc(C=NO)c1NO. The van der Waals surface area contributed by atoms with Gasteiger partial charge < -0.3 is 9.73 Å². The molecule has 1 rings (SSSR count). The summed E-state index contributed by atoms with van der Waals surface area (Å²) in [5.41, 5.74) is 1.44. The van der Waals surface area contributed by atoms with Crippen LogP contribution in [0.25, 0.3) is 0 Å². The Morgan fingerprint density at radius 2 is 2.42 bits per heavy atom. The van der Waals surface area contributed by atoms with Crippen LogP contribution in [0, 0.1) is 4.91 Å². The molecule has 0 atom stereocenters. The van der Waals surface area contributed by atoms with Gasteiger partial charge in [-0.05, 0) is 0 Å². The topological polar surface area (TPSA) is 120 Å². The first-order chi connectivity index (χ1) is 5.83. The molecule has 0 saturated heterocycles. The maximum Gasteiger partial charge on any atom is 0.316 e. The Labute approximate surface area is 65.4 Å². The predicted octanol–water partition coefficient (Wildman–Crippen LogP) is 0.682. The summed E-state index contributed by atoms with van der Waals surface area (Å²) in [6.45, 7) is 0. The molecular weight excluding hydrogens is 168 g/mol. The van der Waals surface area contributed by atoms with Gasteiger partial charge in [0.15, 0.2) is 11.4 Å². The van der Waals surface area contributed by atoms with Gasteiger partial charge in [0.05, 0.1) is 6.21 Å². The molecule has 8 nitrogen and oxygen atoms in total. The van der Waals surface area contributed by atoms with E-state index in [4.69, 9.17) is 10.4 Å². The Bertz CT molecular complexity index is 306. The van der Waals surface area contributed by atoms with Gasteiger partial charge in [0.2, 0.25) is 0 Å². The standard InChI is InChI=1S/C4H4N4O4/c9-5-1-2-3(6-10)4(7-11)12-8-2/h1,6,9-10H. The number of hydrogen-bond acceptors (Lipinski definition) is 8. The van der Waals surface area contributed by atoms with E-state index >= 15 is 0 Å². The van der Waals surface area contributed by atoms with E-state index in [0.29, 0.717) is 0 Å². The molecule has 0 unspecified atom stereocenters. The quantitative estimate of drug-likeness (QED) is 0.267. The zero-order chi connectivity index (χ0) is 8.97. The molecule has 1 heterocycles. The van der Waals surface area contributed by atoms with E-state index in [1.807, 2.05) is 0 Å². The summed E-state index contributed by atoms with van der Waals surface area (Å²) in [6, 6.07) is 0. The van der Waals surface area contributed by atoms with Crippen LogP contribution in [0.2, 0.25) is 0 Å². The number of aromatic nitrogens is 1. The first kappa shape index (κ1) is 8.14. The van der Waals surface area contributed by atoms with Crippen molar-refractivity contribution in [1.29, 1.82) is 0 Å². The first-order valence-corrected chi connectivity index (χ1v) is 2.74. The van der Waals surface area contributed by atoms with Crippen LogP contribution >= 0.6 is 0 Å². The molecule has 0 aliphatic rings. The molecule has 0 spiro atoms. The molecule has 0 aliphatic heterocycles. The van der Waals surface area contributed by atoms with Gasteiger partial charge in [-0.25, -0.2) is 0 Å². The second kappa shape index (κ2) is 3.44. The summed E-state index contributed by atoms with van der Waals surface area (Å²) < 4.78 is 4.33. The first-order valence-electron chi connectivity index (χ1n) is 2.74. The number of oxime groups is 1. The zero-order valence-electron chi connectivity index (χ0n) is 5.63. The van der Waals surface area contributed by atoms with Crippen molar-refractivity contribution >= 4 is 17.8 Å². The van der Waals surface area contributed by atoms with E-state index in [1.54, 1.807) is 5.48 Å². The molecule has 0 amide bonds. The van der Waals surface area contributed by atoms with Gasteiger partial charge in [0.25, 0.3) is 0 Å². The zero-order valence-corrected chi connectivity index (χ0v) is 5.63. The summed E-state index contributed by atoms with van der Waals surface area (Å²) in [4.78, 5) is 9.96. The molecule has 8 heteroatoms. The second-order valence-corrected chi connectivity index (χ2v) is 1.70. The van der Waals surface area contributed by atoms with Gasteiger partial charge in [-0.3, -0.25) is 10.7 Å². The van der Waals surface area contributed by atoms with Crippen LogP contribution in [0.15, 0.2) is 14.9 Å². The van der Waals surface area contributed by atoms with E-state index in [0.717, 1.165) is 6.21 Å². The highest BCUT2D eigenvalue weighted by Gasteiger charge is 2.14. The Morgan fingerprint density at radius 3 is 2.92 bits per heavy atom. The summed E-state index contributed by atoms with van der Waals surface area (Å²) in [7, 11) is 0. The van der Waals surface area contributed by atoms with Gasteiger partial charge in [0, 0.05) is 5.18 Å². The van der Waals surface area contributed by atoms with Crippen LogP contribution in [0.4, 0.5) is 11.6 Å². The third-order valence-corrected chi connectivity index (χ3v) is 1.08. The summed E-state index contributed by atoms with van der Waals surface area (Å²) in [5.74, 6) is -0.424. The van der Waals surface area contributed by atoms with Crippen LogP contribution in [0.1, 0.15) is 5.69 Å². The van der Waals surface area contributed by atoms with Crippen molar-refractivity contribution in [2.75, 3.05) is 5.48 Å². The van der Waals surface area contributed by atoms with E-state index in [2.05, 4.69) is 20.0 Å². The Kier molecular flexibility index (Phi) is 2.33. The van der Waals surface area contributed by atoms with E-state index in [-0.39, 0.29) is 11.4 Å². The average molecular weight is 172 g/mol. The fourth-order valence-corrected chi connectivity index (χ4v) is 0.603. The molecule has 1 aromatic heterocycles.